The quantitative estimate of drug-likeness (QED) is 0.376. The summed E-state index contributed by atoms with van der Waals surface area (Å²) in [5.41, 5.74) is 0. The van der Waals surface area contributed by atoms with Gasteiger partial charge in [0.05, 0.1) is 6.10 Å². The van der Waals surface area contributed by atoms with Gasteiger partial charge in [-0.05, 0) is 30.4 Å². The van der Waals surface area contributed by atoms with E-state index in [1.165, 1.54) is 19.3 Å². The predicted molar refractivity (Wildman–Crippen MR) is 73.3 cm³/mol. The molecule has 0 fully saturated rings. The minimum Gasteiger partial charge on any atom is -0.354 e. The molecule has 1 atom stereocenters. The first kappa shape index (κ1) is 15.4. The molecule has 0 N–H and O–H groups in total. The molecule has 0 aliphatic rings. The number of rotatable bonds is 8. The molecule has 0 spiro atoms. The summed E-state index contributed by atoms with van der Waals surface area (Å²) in [4.78, 5) is 0. The SMILES string of the molecule is CCCCC[C@H](/C=C\I)OC(C)(C)OC. The van der Waals surface area contributed by atoms with Crippen LogP contribution in [-0.2, 0) is 9.47 Å². The van der Waals surface area contributed by atoms with Gasteiger partial charge in [0, 0.05) is 7.11 Å². The molecule has 0 bridgehead atoms. The number of hydrogen-bond acceptors (Lipinski definition) is 2. The van der Waals surface area contributed by atoms with Crippen LogP contribution in [0, 0.1) is 0 Å². The van der Waals surface area contributed by atoms with Crippen LogP contribution in [0.25, 0.3) is 0 Å². The summed E-state index contributed by atoms with van der Waals surface area (Å²) < 4.78 is 13.1. The first-order chi connectivity index (χ1) is 7.05. The van der Waals surface area contributed by atoms with Gasteiger partial charge in [-0.1, -0.05) is 48.8 Å². The van der Waals surface area contributed by atoms with E-state index in [4.69, 9.17) is 9.47 Å². The number of ether oxygens (including phenoxy) is 2. The van der Waals surface area contributed by atoms with Gasteiger partial charge in [-0.25, -0.2) is 0 Å². The summed E-state index contributed by atoms with van der Waals surface area (Å²) in [5, 5.41) is 0. The van der Waals surface area contributed by atoms with E-state index in [-0.39, 0.29) is 6.10 Å². The lowest BCUT2D eigenvalue weighted by molar-refractivity contribution is -0.214. The van der Waals surface area contributed by atoms with Crippen molar-refractivity contribution in [1.29, 1.82) is 0 Å². The van der Waals surface area contributed by atoms with Crippen molar-refractivity contribution in [2.45, 2.75) is 58.3 Å². The lowest BCUT2D eigenvalue weighted by Gasteiger charge is -2.28. The van der Waals surface area contributed by atoms with Crippen molar-refractivity contribution in [3.05, 3.63) is 10.2 Å². The molecule has 0 radical (unpaired) electrons. The molecule has 0 rings (SSSR count). The van der Waals surface area contributed by atoms with Crippen LogP contribution in [0.1, 0.15) is 46.5 Å². The van der Waals surface area contributed by atoms with Gasteiger partial charge >= 0.3 is 0 Å². The fraction of sp³-hybridized carbons (Fsp3) is 0.833. The van der Waals surface area contributed by atoms with Gasteiger partial charge in [-0.2, -0.15) is 0 Å². The van der Waals surface area contributed by atoms with Crippen molar-refractivity contribution in [1.82, 2.24) is 0 Å². The molecule has 0 aromatic carbocycles. The second kappa shape index (κ2) is 8.53. The molecule has 0 saturated heterocycles. The highest BCUT2D eigenvalue weighted by molar-refractivity contribution is 14.1. The van der Waals surface area contributed by atoms with Gasteiger partial charge < -0.3 is 9.47 Å². The Labute approximate surface area is 108 Å². The summed E-state index contributed by atoms with van der Waals surface area (Å²) >= 11 is 2.23. The summed E-state index contributed by atoms with van der Waals surface area (Å²) in [5.74, 6) is -0.493. The van der Waals surface area contributed by atoms with Crippen molar-refractivity contribution in [2.75, 3.05) is 7.11 Å². The van der Waals surface area contributed by atoms with E-state index in [1.54, 1.807) is 7.11 Å². The van der Waals surface area contributed by atoms with Crippen molar-refractivity contribution in [2.24, 2.45) is 0 Å². The van der Waals surface area contributed by atoms with Crippen molar-refractivity contribution >= 4 is 22.6 Å². The minimum absolute atomic E-state index is 0.170. The lowest BCUT2D eigenvalue weighted by Crippen LogP contribution is -2.31. The van der Waals surface area contributed by atoms with Gasteiger partial charge in [0.2, 0.25) is 0 Å². The van der Waals surface area contributed by atoms with Crippen LogP contribution < -0.4 is 0 Å². The second-order valence-electron chi connectivity index (χ2n) is 4.07. The number of halogens is 1. The van der Waals surface area contributed by atoms with Crippen LogP contribution in [0.15, 0.2) is 10.2 Å². The molecule has 0 amide bonds. The van der Waals surface area contributed by atoms with Crippen molar-refractivity contribution < 1.29 is 9.47 Å². The highest BCUT2D eigenvalue weighted by Crippen LogP contribution is 2.18. The largest absolute Gasteiger partial charge is 0.354 e. The number of methoxy groups -OCH3 is 1. The standard InChI is InChI=1S/C12H23IO2/c1-5-6-7-8-11(9-10-13)15-12(2,3)14-4/h9-11H,5-8H2,1-4H3/b10-9-/t11-/m1/s1. The molecule has 0 heterocycles. The normalized spacial score (nSPS) is 14.7. The maximum Gasteiger partial charge on any atom is 0.163 e. The predicted octanol–water partition coefficient (Wildman–Crippen LogP) is 4.28. The Morgan fingerprint density at radius 2 is 2.00 bits per heavy atom. The molecule has 15 heavy (non-hydrogen) atoms. The molecule has 0 saturated carbocycles. The van der Waals surface area contributed by atoms with Gasteiger partial charge in [-0.3, -0.25) is 0 Å². The molecular formula is C12H23IO2. The first-order valence-corrected chi connectivity index (χ1v) is 6.80. The molecular weight excluding hydrogens is 303 g/mol. The van der Waals surface area contributed by atoms with Gasteiger partial charge in [0.1, 0.15) is 0 Å². The third-order valence-corrected chi connectivity index (χ3v) is 2.72. The van der Waals surface area contributed by atoms with E-state index in [2.05, 4.69) is 35.6 Å². The smallest absolute Gasteiger partial charge is 0.163 e. The zero-order chi connectivity index (χ0) is 11.7. The van der Waals surface area contributed by atoms with Crippen LogP contribution >= 0.6 is 22.6 Å². The van der Waals surface area contributed by atoms with Gasteiger partial charge in [-0.15, -0.1) is 0 Å². The average Bonchev–Trinajstić information content (AvgIpc) is 2.18. The van der Waals surface area contributed by atoms with E-state index in [1.807, 2.05) is 17.9 Å². The number of unbranched alkanes of at least 4 members (excludes halogenated alkanes) is 2. The first-order valence-electron chi connectivity index (χ1n) is 5.55. The van der Waals surface area contributed by atoms with E-state index in [0.717, 1.165) is 6.42 Å². The van der Waals surface area contributed by atoms with Crippen LogP contribution in [0.2, 0.25) is 0 Å². The summed E-state index contributed by atoms with van der Waals surface area (Å²) in [6, 6.07) is 0. The Morgan fingerprint density at radius 1 is 1.33 bits per heavy atom. The summed E-state index contributed by atoms with van der Waals surface area (Å²) in [6.45, 7) is 6.10. The fourth-order valence-electron chi connectivity index (χ4n) is 1.28. The zero-order valence-corrected chi connectivity index (χ0v) is 12.4. The van der Waals surface area contributed by atoms with Gasteiger partial charge in [0.25, 0.3) is 0 Å². The fourth-order valence-corrected chi connectivity index (χ4v) is 1.75. The molecule has 0 aromatic rings. The number of hydrogen-bond donors (Lipinski definition) is 0. The highest BCUT2D eigenvalue weighted by Gasteiger charge is 2.21. The van der Waals surface area contributed by atoms with Crippen LogP contribution in [0.3, 0.4) is 0 Å². The average molecular weight is 326 g/mol. The van der Waals surface area contributed by atoms with Crippen molar-refractivity contribution in [3.8, 4) is 0 Å². The van der Waals surface area contributed by atoms with Crippen LogP contribution in [-0.4, -0.2) is 19.0 Å². The molecule has 3 heteroatoms. The Hall–Kier alpha value is 0.390. The van der Waals surface area contributed by atoms with E-state index >= 15 is 0 Å². The third kappa shape index (κ3) is 8.22. The summed E-state index contributed by atoms with van der Waals surface area (Å²) in [7, 11) is 1.68. The second-order valence-corrected chi connectivity index (χ2v) is 4.79. The monoisotopic (exact) mass is 326 g/mol. The molecule has 90 valence electrons. The molecule has 2 nitrogen and oxygen atoms in total. The molecule has 0 aromatic heterocycles. The maximum atomic E-state index is 5.86. The third-order valence-electron chi connectivity index (χ3n) is 2.31. The van der Waals surface area contributed by atoms with Crippen LogP contribution in [0.5, 0.6) is 0 Å². The Bertz CT molecular complexity index is 178. The van der Waals surface area contributed by atoms with E-state index in [9.17, 15) is 0 Å². The van der Waals surface area contributed by atoms with Crippen molar-refractivity contribution in [3.63, 3.8) is 0 Å². The molecule has 0 unspecified atom stereocenters. The van der Waals surface area contributed by atoms with E-state index < -0.39 is 5.79 Å². The lowest BCUT2D eigenvalue weighted by atomic mass is 10.1. The van der Waals surface area contributed by atoms with E-state index in [0.29, 0.717) is 0 Å². The Balaban J connectivity index is 4.03. The maximum absolute atomic E-state index is 5.86. The minimum atomic E-state index is -0.493. The molecule has 0 aliphatic heterocycles. The Kier molecular flexibility index (Phi) is 8.75. The highest BCUT2D eigenvalue weighted by atomic mass is 127. The zero-order valence-electron chi connectivity index (χ0n) is 10.3. The topological polar surface area (TPSA) is 18.5 Å². The summed E-state index contributed by atoms with van der Waals surface area (Å²) in [6.07, 6.45) is 7.05. The van der Waals surface area contributed by atoms with Gasteiger partial charge in [0.15, 0.2) is 5.79 Å². The Morgan fingerprint density at radius 3 is 2.47 bits per heavy atom. The molecule has 0 aliphatic carbocycles. The van der Waals surface area contributed by atoms with Crippen LogP contribution in [0.4, 0.5) is 0 Å².